The minimum Gasteiger partial charge on any atom is -0.242 e. The van der Waals surface area contributed by atoms with Crippen molar-refractivity contribution in [3.63, 3.8) is 0 Å². The molecule has 1 heterocycles. The molecule has 2 saturated carbocycles. The Labute approximate surface area is 234 Å². The van der Waals surface area contributed by atoms with Gasteiger partial charge in [-0.15, -0.1) is 5.10 Å². The molecule has 1 aromatic heterocycles. The molecule has 6 rings (SSSR count). The van der Waals surface area contributed by atoms with Gasteiger partial charge in [-0.2, -0.15) is 0 Å². The summed E-state index contributed by atoms with van der Waals surface area (Å²) in [6.07, 6.45) is 18.5. The molecular formula is C32H28FeN3P+2. The zero-order valence-electron chi connectivity index (χ0n) is 20.6. The third-order valence-electron chi connectivity index (χ3n) is 6.10. The number of hydrogen-bond donors (Lipinski definition) is 0. The number of rotatable bonds is 6. The Bertz CT molecular complexity index is 1130. The van der Waals surface area contributed by atoms with Crippen molar-refractivity contribution in [3.8, 4) is 11.3 Å². The van der Waals surface area contributed by atoms with E-state index in [1.54, 1.807) is 0 Å². The fourth-order valence-electron chi connectivity index (χ4n) is 4.34. The van der Waals surface area contributed by atoms with Crippen LogP contribution in [0.25, 0.3) is 11.3 Å². The van der Waals surface area contributed by atoms with Gasteiger partial charge in [-0.3, -0.25) is 0 Å². The molecule has 0 saturated heterocycles. The molecule has 0 spiro atoms. The number of nitrogens with zero attached hydrogens (tertiary/aromatic N) is 3. The summed E-state index contributed by atoms with van der Waals surface area (Å²) in [6, 6.07) is 33.0. The first kappa shape index (κ1) is 27.8. The van der Waals surface area contributed by atoms with Crippen LogP contribution in [0.4, 0.5) is 0 Å². The van der Waals surface area contributed by atoms with E-state index >= 15 is 0 Å². The summed E-state index contributed by atoms with van der Waals surface area (Å²) in [6.45, 7) is 2.33. The monoisotopic (exact) mass is 541 g/mol. The Balaban J connectivity index is 0.000000479. The first-order valence-electron chi connectivity index (χ1n) is 12.1. The zero-order valence-corrected chi connectivity index (χ0v) is 22.6. The molecule has 0 unspecified atom stereocenters. The molecule has 1 atom stereocenters. The Morgan fingerprint density at radius 1 is 0.649 bits per heavy atom. The molecule has 0 aliphatic heterocycles. The molecular weight excluding hydrogens is 513 g/mol. The quantitative estimate of drug-likeness (QED) is 0.219. The van der Waals surface area contributed by atoms with Crippen molar-refractivity contribution in [2.75, 3.05) is 0 Å². The molecule has 2 aliphatic carbocycles. The number of aromatic nitrogens is 3. The van der Waals surface area contributed by atoms with Gasteiger partial charge in [-0.25, -0.2) is 4.68 Å². The van der Waals surface area contributed by atoms with Gasteiger partial charge in [0.05, 0.1) is 6.20 Å². The molecule has 3 aromatic carbocycles. The summed E-state index contributed by atoms with van der Waals surface area (Å²) in [5, 5.41) is 11.6. The molecule has 10 radical (unpaired) electrons. The molecule has 2 aliphatic rings. The molecule has 0 N–H and O–H groups in total. The maximum absolute atomic E-state index is 4.46. The van der Waals surface area contributed by atoms with Crippen LogP contribution in [0.5, 0.6) is 0 Å². The molecule has 0 bridgehead atoms. The van der Waals surface area contributed by atoms with Gasteiger partial charge in [0.15, 0.2) is 0 Å². The first-order chi connectivity index (χ1) is 17.8. The van der Waals surface area contributed by atoms with Gasteiger partial charge in [-0.1, -0.05) is 103 Å². The zero-order chi connectivity index (χ0) is 24.6. The fourth-order valence-corrected chi connectivity index (χ4v) is 7.02. The van der Waals surface area contributed by atoms with E-state index in [1.807, 2.05) is 61.2 Å². The van der Waals surface area contributed by atoms with Crippen molar-refractivity contribution < 1.29 is 17.1 Å². The average molecular weight is 541 g/mol. The molecule has 2 fully saturated rings. The van der Waals surface area contributed by atoms with Gasteiger partial charge in [0, 0.05) is 11.5 Å². The minimum atomic E-state index is -0.568. The summed E-state index contributed by atoms with van der Waals surface area (Å²) in [5.74, 6) is 1.29. The first-order valence-corrected chi connectivity index (χ1v) is 13.5. The van der Waals surface area contributed by atoms with E-state index in [2.05, 4.69) is 109 Å². The number of benzene rings is 3. The van der Waals surface area contributed by atoms with Gasteiger partial charge >= 0.3 is 17.1 Å². The Hall–Kier alpha value is -2.25. The molecule has 4 aromatic rings. The molecule has 5 heteroatoms. The maximum Gasteiger partial charge on any atom is 2.00 e. The van der Waals surface area contributed by atoms with Crippen molar-refractivity contribution in [1.29, 1.82) is 0 Å². The summed E-state index contributed by atoms with van der Waals surface area (Å²) in [7, 11) is -0.568. The third kappa shape index (κ3) is 6.99. The van der Waals surface area contributed by atoms with Crippen LogP contribution in [0, 0.1) is 63.3 Å². The van der Waals surface area contributed by atoms with E-state index in [0.717, 1.165) is 17.3 Å². The SMILES string of the molecule is C[C@H]([C]1[CH][CH][CH][C]1n1cc(-c2ccccc2)nn1)P(c1ccccc1)c1ccccc1.[CH]1[CH][CH][CH][CH]1.[Fe+2]. The van der Waals surface area contributed by atoms with Crippen LogP contribution in [0.2, 0.25) is 0 Å². The van der Waals surface area contributed by atoms with Crippen LogP contribution in [-0.4, -0.2) is 20.7 Å². The van der Waals surface area contributed by atoms with Crippen LogP contribution in [-0.2, 0) is 17.1 Å². The van der Waals surface area contributed by atoms with Gasteiger partial charge in [-0.05, 0) is 75.6 Å². The van der Waals surface area contributed by atoms with Gasteiger partial charge in [0.25, 0.3) is 0 Å². The minimum absolute atomic E-state index is 0. The molecule has 0 amide bonds. The maximum atomic E-state index is 4.46. The van der Waals surface area contributed by atoms with E-state index in [0.29, 0.717) is 5.66 Å². The number of hydrogen-bond acceptors (Lipinski definition) is 2. The van der Waals surface area contributed by atoms with Crippen LogP contribution < -0.4 is 10.6 Å². The molecule has 3 nitrogen and oxygen atoms in total. The van der Waals surface area contributed by atoms with Gasteiger partial charge < -0.3 is 0 Å². The second-order valence-corrected chi connectivity index (χ2v) is 11.0. The normalized spacial score (nSPS) is 16.7. The van der Waals surface area contributed by atoms with Crippen LogP contribution in [0.15, 0.2) is 97.2 Å². The van der Waals surface area contributed by atoms with E-state index in [1.165, 1.54) is 16.5 Å². The van der Waals surface area contributed by atoms with Gasteiger partial charge in [0.2, 0.25) is 0 Å². The topological polar surface area (TPSA) is 30.7 Å². The van der Waals surface area contributed by atoms with Crippen LogP contribution >= 0.6 is 7.92 Å². The Kier molecular flexibility index (Phi) is 10.6. The van der Waals surface area contributed by atoms with E-state index in [9.17, 15) is 0 Å². The largest absolute Gasteiger partial charge is 2.00 e. The van der Waals surface area contributed by atoms with Gasteiger partial charge in [0.1, 0.15) is 11.7 Å². The molecule has 182 valence electrons. The molecule has 37 heavy (non-hydrogen) atoms. The summed E-state index contributed by atoms with van der Waals surface area (Å²) in [5.41, 5.74) is 2.29. The standard InChI is InChI=1S/C27H23N3P.C5H5.Fe/c1-21(31(23-14-7-3-8-15-23)24-16-9-4-10-17-24)25-18-11-19-27(25)30-20-26(28-29-30)22-12-5-2-6-13-22;1-2-4-5-3-1;/h2-21H,1H3;1-5H;/q;;+2/t21-;;/m1../s1. The predicted molar refractivity (Wildman–Crippen MR) is 150 cm³/mol. The second kappa shape index (κ2) is 14.1. The Morgan fingerprint density at radius 2 is 1.16 bits per heavy atom. The summed E-state index contributed by atoms with van der Waals surface area (Å²) < 4.78 is 1.91. The summed E-state index contributed by atoms with van der Waals surface area (Å²) in [4.78, 5) is 0. The van der Waals surface area contributed by atoms with Crippen molar-refractivity contribution in [3.05, 3.63) is 161 Å². The van der Waals surface area contributed by atoms with Crippen LogP contribution in [0.1, 0.15) is 6.92 Å². The predicted octanol–water partition coefficient (Wildman–Crippen LogP) is 6.07. The van der Waals surface area contributed by atoms with Crippen LogP contribution in [0.3, 0.4) is 0 Å². The third-order valence-corrected chi connectivity index (χ3v) is 8.86. The second-order valence-electron chi connectivity index (χ2n) is 8.46. The average Bonchev–Trinajstić information content (AvgIpc) is 3.74. The van der Waals surface area contributed by atoms with Crippen molar-refractivity contribution in [2.24, 2.45) is 0 Å². The Morgan fingerprint density at radius 3 is 1.70 bits per heavy atom. The summed E-state index contributed by atoms with van der Waals surface area (Å²) >= 11 is 0. The van der Waals surface area contributed by atoms with Crippen molar-refractivity contribution in [1.82, 2.24) is 15.0 Å². The van der Waals surface area contributed by atoms with E-state index in [4.69, 9.17) is 0 Å². The smallest absolute Gasteiger partial charge is 0.242 e. The van der Waals surface area contributed by atoms with Crippen molar-refractivity contribution >= 4 is 18.5 Å². The fraction of sp³-hybridized carbons (Fsp3) is 0.0625. The van der Waals surface area contributed by atoms with E-state index in [-0.39, 0.29) is 17.1 Å². The van der Waals surface area contributed by atoms with Crippen molar-refractivity contribution in [2.45, 2.75) is 12.6 Å². The van der Waals surface area contributed by atoms with E-state index < -0.39 is 7.92 Å².